The predicted octanol–water partition coefficient (Wildman–Crippen LogP) is 1.64. The number of carbonyl (C=O) groups is 2. The molecular formula is C18H21ClN4O3. The molecule has 2 heterocycles. The monoisotopic (exact) mass is 376 g/mol. The SMILES string of the molecule is CN(CCCn1cccn1)C(=O)C1OCC(=O)NC1c1ccccc1Cl. The number of likely N-dealkylation sites (N-methyl/N-ethyl adjacent to an activating group) is 1. The number of hydrogen-bond donors (Lipinski definition) is 1. The van der Waals surface area contributed by atoms with Crippen LogP contribution in [-0.2, 0) is 20.9 Å². The van der Waals surface area contributed by atoms with Gasteiger partial charge in [0.2, 0.25) is 5.91 Å². The Labute approximate surface area is 156 Å². The van der Waals surface area contributed by atoms with E-state index in [4.69, 9.17) is 16.3 Å². The van der Waals surface area contributed by atoms with Crippen LogP contribution in [0.3, 0.4) is 0 Å². The number of amides is 2. The fourth-order valence-electron chi connectivity index (χ4n) is 2.96. The van der Waals surface area contributed by atoms with Gasteiger partial charge in [-0.05, 0) is 24.1 Å². The van der Waals surface area contributed by atoms with Crippen LogP contribution < -0.4 is 5.32 Å². The number of benzene rings is 1. The summed E-state index contributed by atoms with van der Waals surface area (Å²) in [7, 11) is 1.73. The summed E-state index contributed by atoms with van der Waals surface area (Å²) in [6.07, 6.45) is 3.57. The van der Waals surface area contributed by atoms with Crippen molar-refractivity contribution in [3.63, 3.8) is 0 Å². The highest BCUT2D eigenvalue weighted by Gasteiger charge is 2.38. The Balaban J connectivity index is 1.67. The lowest BCUT2D eigenvalue weighted by atomic mass is 9.98. The van der Waals surface area contributed by atoms with E-state index in [9.17, 15) is 9.59 Å². The molecule has 1 aromatic heterocycles. The van der Waals surface area contributed by atoms with Gasteiger partial charge in [0, 0.05) is 37.6 Å². The molecule has 2 atom stereocenters. The van der Waals surface area contributed by atoms with Crippen LogP contribution in [0.2, 0.25) is 5.02 Å². The molecular weight excluding hydrogens is 356 g/mol. The number of morpholine rings is 1. The summed E-state index contributed by atoms with van der Waals surface area (Å²) < 4.78 is 7.39. The number of aryl methyl sites for hydroxylation is 1. The van der Waals surface area contributed by atoms with Crippen molar-refractivity contribution in [3.8, 4) is 0 Å². The van der Waals surface area contributed by atoms with Gasteiger partial charge in [-0.15, -0.1) is 0 Å². The van der Waals surface area contributed by atoms with Gasteiger partial charge in [0.15, 0.2) is 6.10 Å². The molecule has 0 bridgehead atoms. The van der Waals surface area contributed by atoms with E-state index in [2.05, 4.69) is 10.4 Å². The Bertz CT molecular complexity index is 766. The van der Waals surface area contributed by atoms with Gasteiger partial charge < -0.3 is 15.0 Å². The van der Waals surface area contributed by atoms with Crippen molar-refractivity contribution < 1.29 is 14.3 Å². The average molecular weight is 377 g/mol. The van der Waals surface area contributed by atoms with Crippen LogP contribution in [0.4, 0.5) is 0 Å². The highest BCUT2D eigenvalue weighted by atomic mass is 35.5. The molecule has 2 unspecified atom stereocenters. The molecule has 1 N–H and O–H groups in total. The zero-order valence-corrected chi connectivity index (χ0v) is 15.2. The summed E-state index contributed by atoms with van der Waals surface area (Å²) in [5.74, 6) is -0.448. The van der Waals surface area contributed by atoms with Gasteiger partial charge in [-0.2, -0.15) is 5.10 Å². The van der Waals surface area contributed by atoms with Crippen molar-refractivity contribution >= 4 is 23.4 Å². The first-order chi connectivity index (χ1) is 12.6. The topological polar surface area (TPSA) is 76.5 Å². The van der Waals surface area contributed by atoms with Gasteiger partial charge in [-0.1, -0.05) is 29.8 Å². The first-order valence-corrected chi connectivity index (χ1v) is 8.82. The Morgan fingerprint density at radius 1 is 1.42 bits per heavy atom. The maximum Gasteiger partial charge on any atom is 0.253 e. The summed E-state index contributed by atoms with van der Waals surface area (Å²) in [4.78, 5) is 26.3. The number of nitrogens with one attached hydrogen (secondary N) is 1. The van der Waals surface area contributed by atoms with Crippen LogP contribution in [0, 0.1) is 0 Å². The molecule has 1 saturated heterocycles. The van der Waals surface area contributed by atoms with E-state index in [0.29, 0.717) is 17.1 Å². The molecule has 1 aromatic carbocycles. The third-order valence-electron chi connectivity index (χ3n) is 4.31. The lowest BCUT2D eigenvalue weighted by Crippen LogP contribution is -2.52. The molecule has 138 valence electrons. The minimum absolute atomic E-state index is 0.140. The van der Waals surface area contributed by atoms with E-state index in [-0.39, 0.29) is 18.4 Å². The van der Waals surface area contributed by atoms with Crippen LogP contribution in [0.15, 0.2) is 42.7 Å². The number of carbonyl (C=O) groups excluding carboxylic acids is 2. The minimum Gasteiger partial charge on any atom is -0.356 e. The fourth-order valence-corrected chi connectivity index (χ4v) is 3.22. The summed E-state index contributed by atoms with van der Waals surface area (Å²) in [6, 6.07) is 8.40. The molecule has 3 rings (SSSR count). The third-order valence-corrected chi connectivity index (χ3v) is 4.66. The highest BCUT2D eigenvalue weighted by molar-refractivity contribution is 6.31. The molecule has 1 aliphatic heterocycles. The second-order valence-corrected chi connectivity index (χ2v) is 6.59. The normalized spacial score (nSPS) is 19.8. The zero-order valence-electron chi connectivity index (χ0n) is 14.5. The van der Waals surface area contributed by atoms with E-state index in [1.54, 1.807) is 36.3 Å². The van der Waals surface area contributed by atoms with Crippen molar-refractivity contribution in [3.05, 3.63) is 53.3 Å². The molecule has 2 aromatic rings. The Morgan fingerprint density at radius 2 is 2.23 bits per heavy atom. The van der Waals surface area contributed by atoms with Crippen molar-refractivity contribution in [2.45, 2.75) is 25.1 Å². The molecule has 2 amide bonds. The van der Waals surface area contributed by atoms with Gasteiger partial charge in [0.1, 0.15) is 6.61 Å². The molecule has 26 heavy (non-hydrogen) atoms. The summed E-state index contributed by atoms with van der Waals surface area (Å²) in [6.45, 7) is 1.14. The van der Waals surface area contributed by atoms with Crippen molar-refractivity contribution in [1.82, 2.24) is 20.0 Å². The first-order valence-electron chi connectivity index (χ1n) is 8.44. The zero-order chi connectivity index (χ0) is 18.5. The molecule has 0 radical (unpaired) electrons. The number of rotatable bonds is 6. The molecule has 0 aliphatic carbocycles. The van der Waals surface area contributed by atoms with Gasteiger partial charge in [-0.3, -0.25) is 14.3 Å². The number of aromatic nitrogens is 2. The lowest BCUT2D eigenvalue weighted by molar-refractivity contribution is -0.154. The van der Waals surface area contributed by atoms with Crippen LogP contribution >= 0.6 is 11.6 Å². The van der Waals surface area contributed by atoms with Crippen molar-refractivity contribution in [2.24, 2.45) is 0 Å². The summed E-state index contributed by atoms with van der Waals surface area (Å²) >= 11 is 6.25. The van der Waals surface area contributed by atoms with E-state index in [0.717, 1.165) is 13.0 Å². The number of hydrogen-bond acceptors (Lipinski definition) is 4. The number of ether oxygens (including phenoxy) is 1. The highest BCUT2D eigenvalue weighted by Crippen LogP contribution is 2.29. The Hall–Kier alpha value is -2.38. The average Bonchev–Trinajstić information content (AvgIpc) is 3.15. The Kier molecular flexibility index (Phi) is 5.90. The summed E-state index contributed by atoms with van der Waals surface area (Å²) in [5, 5.41) is 7.46. The van der Waals surface area contributed by atoms with Crippen LogP contribution in [0.25, 0.3) is 0 Å². The van der Waals surface area contributed by atoms with E-state index >= 15 is 0 Å². The third kappa shape index (κ3) is 4.23. The second kappa shape index (κ2) is 8.33. The second-order valence-electron chi connectivity index (χ2n) is 6.18. The number of halogens is 1. The maximum atomic E-state index is 12.9. The molecule has 0 spiro atoms. The van der Waals surface area contributed by atoms with Gasteiger partial charge >= 0.3 is 0 Å². The fraction of sp³-hybridized carbons (Fsp3) is 0.389. The molecule has 0 saturated carbocycles. The smallest absolute Gasteiger partial charge is 0.253 e. The quantitative estimate of drug-likeness (QED) is 0.831. The maximum absolute atomic E-state index is 12.9. The van der Waals surface area contributed by atoms with E-state index in [1.165, 1.54) is 0 Å². The van der Waals surface area contributed by atoms with Gasteiger partial charge in [-0.25, -0.2) is 0 Å². The molecule has 1 aliphatic rings. The largest absolute Gasteiger partial charge is 0.356 e. The van der Waals surface area contributed by atoms with Crippen LogP contribution in [-0.4, -0.2) is 52.8 Å². The van der Waals surface area contributed by atoms with E-state index < -0.39 is 12.1 Å². The molecule has 1 fully saturated rings. The van der Waals surface area contributed by atoms with Gasteiger partial charge in [0.25, 0.3) is 5.91 Å². The molecule has 8 heteroatoms. The minimum atomic E-state index is -0.803. The van der Waals surface area contributed by atoms with Crippen LogP contribution in [0.1, 0.15) is 18.0 Å². The van der Waals surface area contributed by atoms with Crippen molar-refractivity contribution in [1.29, 1.82) is 0 Å². The molecule has 7 nitrogen and oxygen atoms in total. The Morgan fingerprint density at radius 3 is 2.96 bits per heavy atom. The van der Waals surface area contributed by atoms with Gasteiger partial charge in [0.05, 0.1) is 6.04 Å². The number of nitrogens with zero attached hydrogens (tertiary/aromatic N) is 3. The van der Waals surface area contributed by atoms with Crippen LogP contribution in [0.5, 0.6) is 0 Å². The van der Waals surface area contributed by atoms with Crippen molar-refractivity contribution in [2.75, 3.05) is 20.2 Å². The summed E-state index contributed by atoms with van der Waals surface area (Å²) in [5.41, 5.74) is 0.672. The predicted molar refractivity (Wildman–Crippen MR) is 96.6 cm³/mol. The van der Waals surface area contributed by atoms with E-state index in [1.807, 2.05) is 23.0 Å². The first kappa shape index (κ1) is 18.4. The standard InChI is InChI=1S/C18H21ClN4O3/c1-22(9-5-11-23-10-4-8-20-23)18(25)17-16(21-15(24)12-26-17)13-6-2-3-7-14(13)19/h2-4,6-8,10,16-17H,5,9,11-12H2,1H3,(H,21,24). The lowest BCUT2D eigenvalue weighted by Gasteiger charge is -2.34.